The SMILES string of the molecule is c1nc2ccc3nocc3c2s1. The Balaban J connectivity index is 2.71. The van der Waals surface area contributed by atoms with Gasteiger partial charge in [-0.1, -0.05) is 5.16 Å². The van der Waals surface area contributed by atoms with Crippen molar-refractivity contribution in [3.8, 4) is 0 Å². The van der Waals surface area contributed by atoms with E-state index in [1.54, 1.807) is 17.6 Å². The van der Waals surface area contributed by atoms with Crippen LogP contribution in [-0.2, 0) is 0 Å². The molecule has 0 fully saturated rings. The monoisotopic (exact) mass is 176 g/mol. The molecule has 3 rings (SSSR count). The van der Waals surface area contributed by atoms with Gasteiger partial charge in [0.25, 0.3) is 0 Å². The van der Waals surface area contributed by atoms with Crippen molar-refractivity contribution in [3.63, 3.8) is 0 Å². The summed E-state index contributed by atoms with van der Waals surface area (Å²) in [4.78, 5) is 4.20. The van der Waals surface area contributed by atoms with Gasteiger partial charge in [-0.2, -0.15) is 0 Å². The second-order valence-electron chi connectivity index (χ2n) is 2.51. The summed E-state index contributed by atoms with van der Waals surface area (Å²) in [6.45, 7) is 0. The van der Waals surface area contributed by atoms with Crippen molar-refractivity contribution in [1.29, 1.82) is 0 Å². The number of hydrogen-bond acceptors (Lipinski definition) is 4. The zero-order valence-corrected chi connectivity index (χ0v) is 6.84. The molecular formula is C8H4N2OS. The average molecular weight is 176 g/mol. The molecule has 0 aliphatic heterocycles. The van der Waals surface area contributed by atoms with Crippen LogP contribution in [0.25, 0.3) is 21.1 Å². The molecule has 58 valence electrons. The highest BCUT2D eigenvalue weighted by Gasteiger charge is 2.04. The lowest BCUT2D eigenvalue weighted by atomic mass is 10.2. The van der Waals surface area contributed by atoms with Crippen molar-refractivity contribution in [2.75, 3.05) is 0 Å². The molecule has 0 saturated heterocycles. The summed E-state index contributed by atoms with van der Waals surface area (Å²) in [6.07, 6.45) is 1.66. The summed E-state index contributed by atoms with van der Waals surface area (Å²) < 4.78 is 6.02. The highest BCUT2D eigenvalue weighted by Crippen LogP contribution is 2.26. The van der Waals surface area contributed by atoms with Crippen LogP contribution < -0.4 is 0 Å². The Hall–Kier alpha value is -1.42. The van der Waals surface area contributed by atoms with E-state index >= 15 is 0 Å². The molecule has 0 N–H and O–H groups in total. The molecule has 2 heterocycles. The second-order valence-corrected chi connectivity index (χ2v) is 3.37. The number of hydrogen-bond donors (Lipinski definition) is 0. The molecule has 0 unspecified atom stereocenters. The van der Waals surface area contributed by atoms with Crippen molar-refractivity contribution >= 4 is 32.5 Å². The minimum atomic E-state index is 0.895. The van der Waals surface area contributed by atoms with Gasteiger partial charge in [0, 0.05) is 0 Å². The highest BCUT2D eigenvalue weighted by molar-refractivity contribution is 7.17. The van der Waals surface area contributed by atoms with Crippen LogP contribution in [0.3, 0.4) is 0 Å². The first-order chi connectivity index (χ1) is 5.95. The van der Waals surface area contributed by atoms with Crippen LogP contribution in [0.5, 0.6) is 0 Å². The molecular weight excluding hydrogens is 172 g/mol. The van der Waals surface area contributed by atoms with Crippen LogP contribution in [-0.4, -0.2) is 10.1 Å². The molecule has 12 heavy (non-hydrogen) atoms. The van der Waals surface area contributed by atoms with Gasteiger partial charge in [-0.25, -0.2) is 4.98 Å². The highest BCUT2D eigenvalue weighted by atomic mass is 32.1. The lowest BCUT2D eigenvalue weighted by Crippen LogP contribution is -1.68. The molecule has 4 heteroatoms. The van der Waals surface area contributed by atoms with Crippen LogP contribution in [0, 0.1) is 0 Å². The van der Waals surface area contributed by atoms with E-state index in [2.05, 4.69) is 10.1 Å². The van der Waals surface area contributed by atoms with Gasteiger partial charge in [-0.15, -0.1) is 11.3 Å². The fraction of sp³-hybridized carbons (Fsp3) is 0. The van der Waals surface area contributed by atoms with Gasteiger partial charge in [-0.3, -0.25) is 0 Å². The quantitative estimate of drug-likeness (QED) is 0.528. The molecule has 0 amide bonds. The Morgan fingerprint density at radius 1 is 1.25 bits per heavy atom. The summed E-state index contributed by atoms with van der Waals surface area (Å²) in [5, 5.41) is 4.90. The average Bonchev–Trinajstić information content (AvgIpc) is 2.71. The van der Waals surface area contributed by atoms with Crippen molar-refractivity contribution in [2.24, 2.45) is 0 Å². The van der Waals surface area contributed by atoms with E-state index in [4.69, 9.17) is 4.52 Å². The molecule has 2 aromatic heterocycles. The third-order valence-electron chi connectivity index (χ3n) is 1.84. The van der Waals surface area contributed by atoms with Crippen LogP contribution in [0.2, 0.25) is 0 Å². The van der Waals surface area contributed by atoms with Crippen molar-refractivity contribution in [1.82, 2.24) is 10.1 Å². The van der Waals surface area contributed by atoms with Crippen LogP contribution in [0.1, 0.15) is 0 Å². The topological polar surface area (TPSA) is 38.9 Å². The summed E-state index contributed by atoms with van der Waals surface area (Å²) in [5.41, 5.74) is 3.74. The normalized spacial score (nSPS) is 11.3. The van der Waals surface area contributed by atoms with E-state index in [0.29, 0.717) is 0 Å². The Kier molecular flexibility index (Phi) is 1.04. The first-order valence-corrected chi connectivity index (χ1v) is 4.39. The summed E-state index contributed by atoms with van der Waals surface area (Å²) in [5.74, 6) is 0. The lowest BCUT2D eigenvalue weighted by Gasteiger charge is -1.85. The smallest absolute Gasteiger partial charge is 0.133 e. The van der Waals surface area contributed by atoms with Crippen molar-refractivity contribution < 1.29 is 4.52 Å². The van der Waals surface area contributed by atoms with Gasteiger partial charge in [-0.05, 0) is 12.1 Å². The minimum Gasteiger partial charge on any atom is -0.363 e. The van der Waals surface area contributed by atoms with E-state index in [0.717, 1.165) is 21.1 Å². The number of aromatic nitrogens is 2. The van der Waals surface area contributed by atoms with Gasteiger partial charge in [0.1, 0.15) is 11.8 Å². The summed E-state index contributed by atoms with van der Waals surface area (Å²) in [6, 6.07) is 3.87. The van der Waals surface area contributed by atoms with E-state index in [1.165, 1.54) is 0 Å². The molecule has 0 radical (unpaired) electrons. The first kappa shape index (κ1) is 6.14. The van der Waals surface area contributed by atoms with Crippen LogP contribution >= 0.6 is 11.3 Å². The molecule has 0 aliphatic carbocycles. The van der Waals surface area contributed by atoms with Gasteiger partial charge in [0.2, 0.25) is 0 Å². The maximum absolute atomic E-state index is 4.87. The molecule has 1 aromatic carbocycles. The second kappa shape index (κ2) is 2.04. The molecule has 0 spiro atoms. The summed E-state index contributed by atoms with van der Waals surface area (Å²) >= 11 is 1.61. The third-order valence-corrected chi connectivity index (χ3v) is 2.71. The minimum absolute atomic E-state index is 0.895. The third kappa shape index (κ3) is 0.648. The van der Waals surface area contributed by atoms with E-state index in [-0.39, 0.29) is 0 Å². The summed E-state index contributed by atoms with van der Waals surface area (Å²) in [7, 11) is 0. The molecule has 0 atom stereocenters. The van der Waals surface area contributed by atoms with E-state index < -0.39 is 0 Å². The van der Waals surface area contributed by atoms with Gasteiger partial charge < -0.3 is 4.52 Å². The fourth-order valence-electron chi connectivity index (χ4n) is 1.27. The van der Waals surface area contributed by atoms with E-state index in [1.807, 2.05) is 17.6 Å². The Bertz CT molecular complexity index is 490. The first-order valence-electron chi connectivity index (χ1n) is 3.51. The van der Waals surface area contributed by atoms with Gasteiger partial charge in [0.05, 0.1) is 21.1 Å². The van der Waals surface area contributed by atoms with Gasteiger partial charge in [0.15, 0.2) is 0 Å². The lowest BCUT2D eigenvalue weighted by molar-refractivity contribution is 0.428. The molecule has 0 aliphatic rings. The number of rotatable bonds is 0. The molecule has 3 nitrogen and oxygen atoms in total. The van der Waals surface area contributed by atoms with Gasteiger partial charge >= 0.3 is 0 Å². The number of thiazole rings is 1. The predicted molar refractivity (Wildman–Crippen MR) is 47.2 cm³/mol. The number of fused-ring (bicyclic) bond motifs is 3. The van der Waals surface area contributed by atoms with E-state index in [9.17, 15) is 0 Å². The molecule has 3 aromatic rings. The largest absolute Gasteiger partial charge is 0.363 e. The fourth-order valence-corrected chi connectivity index (χ4v) is 2.06. The number of benzene rings is 1. The van der Waals surface area contributed by atoms with Crippen LogP contribution in [0.15, 0.2) is 28.4 Å². The van der Waals surface area contributed by atoms with Crippen molar-refractivity contribution in [3.05, 3.63) is 23.9 Å². The predicted octanol–water partition coefficient (Wildman–Crippen LogP) is 2.44. The number of nitrogens with zero attached hydrogens (tertiary/aromatic N) is 2. The zero-order chi connectivity index (χ0) is 7.97. The standard InChI is InChI=1S/C8H4N2OS/c1-2-7-8(12-4-9-7)5-3-11-10-6(1)5/h1-4H. The zero-order valence-electron chi connectivity index (χ0n) is 6.02. The maximum Gasteiger partial charge on any atom is 0.133 e. The Morgan fingerprint density at radius 3 is 3.17 bits per heavy atom. The Labute approximate surface area is 71.6 Å². The van der Waals surface area contributed by atoms with Crippen LogP contribution in [0.4, 0.5) is 0 Å². The molecule has 0 bridgehead atoms. The molecule has 0 saturated carbocycles. The maximum atomic E-state index is 4.87. The Morgan fingerprint density at radius 2 is 2.17 bits per heavy atom. The van der Waals surface area contributed by atoms with Crippen molar-refractivity contribution in [2.45, 2.75) is 0 Å².